The van der Waals surface area contributed by atoms with E-state index in [-0.39, 0.29) is 6.10 Å². The van der Waals surface area contributed by atoms with Gasteiger partial charge >= 0.3 is 6.18 Å². The summed E-state index contributed by atoms with van der Waals surface area (Å²) in [5.74, 6) is 1.36. The van der Waals surface area contributed by atoms with E-state index in [0.717, 1.165) is 17.8 Å². The minimum absolute atomic E-state index is 0.305. The summed E-state index contributed by atoms with van der Waals surface area (Å²) in [6, 6.07) is 11.3. The summed E-state index contributed by atoms with van der Waals surface area (Å²) in [4.78, 5) is 0. The highest BCUT2D eigenvalue weighted by Crippen LogP contribution is 2.31. The van der Waals surface area contributed by atoms with Crippen LogP contribution in [0.5, 0.6) is 17.2 Å². The first-order valence-corrected chi connectivity index (χ1v) is 9.63. The van der Waals surface area contributed by atoms with Crippen LogP contribution in [-0.2, 0) is 6.18 Å². The summed E-state index contributed by atoms with van der Waals surface area (Å²) in [6.45, 7) is 3.76. The van der Waals surface area contributed by atoms with Gasteiger partial charge in [0.15, 0.2) is 0 Å². The molecule has 30 heavy (non-hydrogen) atoms. The molecule has 8 heteroatoms. The number of hydrogen-bond acceptors (Lipinski definition) is 5. The first kappa shape index (κ1) is 23.5. The van der Waals surface area contributed by atoms with E-state index in [2.05, 4.69) is 5.10 Å². The number of aliphatic hydroxyl groups excluding tert-OH is 1. The predicted octanol–water partition coefficient (Wildman–Crippen LogP) is 5.34. The van der Waals surface area contributed by atoms with Gasteiger partial charge in [-0.2, -0.15) is 18.3 Å². The fourth-order valence-electron chi connectivity index (χ4n) is 2.64. The van der Waals surface area contributed by atoms with Crippen LogP contribution in [0.2, 0.25) is 0 Å². The van der Waals surface area contributed by atoms with Gasteiger partial charge in [-0.1, -0.05) is 6.92 Å². The van der Waals surface area contributed by atoms with E-state index >= 15 is 0 Å². The minimum Gasteiger partial charge on any atom is -0.485 e. The molecule has 0 amide bonds. The van der Waals surface area contributed by atoms with E-state index in [1.807, 2.05) is 13.8 Å². The number of hydrazone groups is 1. The summed E-state index contributed by atoms with van der Waals surface area (Å²) in [7, 11) is 3.61. The lowest BCUT2D eigenvalue weighted by Gasteiger charge is -2.21. The van der Waals surface area contributed by atoms with Crippen molar-refractivity contribution < 1.29 is 27.8 Å². The third kappa shape index (κ3) is 7.26. The van der Waals surface area contributed by atoms with E-state index in [0.29, 0.717) is 30.1 Å². The summed E-state index contributed by atoms with van der Waals surface area (Å²) >= 11 is 0. The van der Waals surface area contributed by atoms with Gasteiger partial charge in [-0.3, -0.25) is 0 Å². The molecule has 164 valence electrons. The average molecular weight is 424 g/mol. The number of ether oxygens (including phenoxy) is 2. The highest BCUT2D eigenvalue weighted by Gasteiger charge is 2.30. The second-order valence-corrected chi connectivity index (χ2v) is 7.06. The van der Waals surface area contributed by atoms with Crippen LogP contribution in [0.25, 0.3) is 0 Å². The quantitative estimate of drug-likeness (QED) is 0.436. The lowest BCUT2D eigenvalue weighted by molar-refractivity contribution is -0.137. The molecule has 2 atom stereocenters. The average Bonchev–Trinajstić information content (AvgIpc) is 2.68. The van der Waals surface area contributed by atoms with Crippen LogP contribution < -0.4 is 9.47 Å². The summed E-state index contributed by atoms with van der Waals surface area (Å²) in [5.41, 5.74) is -0.00426. The standard InChI is InChI=1S/C22H27F3N2O3/c1-5-17(28)14-21(26-27(3)4)15(2)29-18-10-12-20(13-11-18)30-19-8-6-16(7-9-19)22(23,24)25/h6-13,15,17,28H,5,14H2,1-4H3/b26-21+. The van der Waals surface area contributed by atoms with Crippen molar-refractivity contribution >= 4 is 5.71 Å². The number of benzene rings is 2. The maximum Gasteiger partial charge on any atom is 0.416 e. The number of rotatable bonds is 9. The van der Waals surface area contributed by atoms with E-state index < -0.39 is 17.8 Å². The second-order valence-electron chi connectivity index (χ2n) is 7.06. The lowest BCUT2D eigenvalue weighted by Crippen LogP contribution is -2.29. The summed E-state index contributed by atoms with van der Waals surface area (Å²) in [6.07, 6.45) is -4.19. The molecule has 5 nitrogen and oxygen atoms in total. The number of aliphatic hydroxyl groups is 1. The number of alkyl halides is 3. The molecule has 0 aliphatic heterocycles. The van der Waals surface area contributed by atoms with E-state index in [9.17, 15) is 18.3 Å². The highest BCUT2D eigenvalue weighted by atomic mass is 19.4. The van der Waals surface area contributed by atoms with Crippen LogP contribution in [0.15, 0.2) is 53.6 Å². The Labute approximate surface area is 174 Å². The Hall–Kier alpha value is -2.74. The molecule has 1 N–H and O–H groups in total. The zero-order valence-corrected chi connectivity index (χ0v) is 17.5. The zero-order chi connectivity index (χ0) is 22.3. The van der Waals surface area contributed by atoms with Crippen LogP contribution in [-0.4, -0.2) is 42.1 Å². The molecule has 2 rings (SSSR count). The molecule has 0 saturated heterocycles. The van der Waals surface area contributed by atoms with Gasteiger partial charge in [0, 0.05) is 20.5 Å². The van der Waals surface area contributed by atoms with Gasteiger partial charge in [0.25, 0.3) is 0 Å². The molecule has 0 heterocycles. The lowest BCUT2D eigenvalue weighted by atomic mass is 10.1. The van der Waals surface area contributed by atoms with Crippen LogP contribution >= 0.6 is 0 Å². The van der Waals surface area contributed by atoms with Crippen molar-refractivity contribution in [2.45, 2.75) is 45.1 Å². The first-order chi connectivity index (χ1) is 14.1. The predicted molar refractivity (Wildman–Crippen MR) is 110 cm³/mol. The summed E-state index contributed by atoms with van der Waals surface area (Å²) in [5, 5.41) is 16.0. The molecule has 0 spiro atoms. The molecule has 0 aliphatic rings. The van der Waals surface area contributed by atoms with E-state index in [1.54, 1.807) is 43.4 Å². The molecule has 2 aromatic rings. The fraction of sp³-hybridized carbons (Fsp3) is 0.409. The van der Waals surface area contributed by atoms with E-state index in [1.165, 1.54) is 12.1 Å². The number of nitrogens with zero attached hydrogens (tertiary/aromatic N) is 2. The van der Waals surface area contributed by atoms with Gasteiger partial charge < -0.3 is 19.6 Å². The molecule has 0 aliphatic carbocycles. The molecular weight excluding hydrogens is 397 g/mol. The largest absolute Gasteiger partial charge is 0.485 e. The van der Waals surface area contributed by atoms with Crippen LogP contribution in [0.1, 0.15) is 32.3 Å². The Balaban J connectivity index is 2.02. The van der Waals surface area contributed by atoms with Crippen LogP contribution in [0.4, 0.5) is 13.2 Å². The van der Waals surface area contributed by atoms with Crippen molar-refractivity contribution in [3.63, 3.8) is 0 Å². The van der Waals surface area contributed by atoms with E-state index in [4.69, 9.17) is 9.47 Å². The Morgan fingerprint density at radius 2 is 1.50 bits per heavy atom. The normalized spacial score (nSPS) is 14.2. The number of hydrogen-bond donors (Lipinski definition) is 1. The van der Waals surface area contributed by atoms with Crippen LogP contribution in [0.3, 0.4) is 0 Å². The monoisotopic (exact) mass is 424 g/mol. The van der Waals surface area contributed by atoms with Crippen LogP contribution in [0, 0.1) is 0 Å². The first-order valence-electron chi connectivity index (χ1n) is 9.63. The SMILES string of the molecule is CCC(O)C/C(=N\N(C)C)C(C)Oc1ccc(Oc2ccc(C(F)(F)F)cc2)cc1. The Kier molecular flexibility index (Phi) is 8.11. The molecule has 0 radical (unpaired) electrons. The van der Waals surface area contributed by atoms with Crippen molar-refractivity contribution in [3.8, 4) is 17.2 Å². The Morgan fingerprint density at radius 3 is 1.97 bits per heavy atom. The maximum atomic E-state index is 12.6. The van der Waals surface area contributed by atoms with Gasteiger partial charge in [0.05, 0.1) is 17.4 Å². The van der Waals surface area contributed by atoms with Crippen molar-refractivity contribution in [1.29, 1.82) is 0 Å². The topological polar surface area (TPSA) is 54.3 Å². The smallest absolute Gasteiger partial charge is 0.416 e. The maximum absolute atomic E-state index is 12.6. The third-order valence-corrected chi connectivity index (χ3v) is 4.27. The third-order valence-electron chi connectivity index (χ3n) is 4.27. The molecule has 0 saturated carbocycles. The molecular formula is C22H27F3N2O3. The molecule has 2 unspecified atom stereocenters. The second kappa shape index (κ2) is 10.3. The van der Waals surface area contributed by atoms with Gasteiger partial charge in [0.1, 0.15) is 23.4 Å². The molecule has 0 aromatic heterocycles. The molecule has 0 fully saturated rings. The Morgan fingerprint density at radius 1 is 1.00 bits per heavy atom. The zero-order valence-electron chi connectivity index (χ0n) is 17.5. The summed E-state index contributed by atoms with van der Waals surface area (Å²) < 4.78 is 49.4. The van der Waals surface area contributed by atoms with Crippen molar-refractivity contribution in [1.82, 2.24) is 5.01 Å². The van der Waals surface area contributed by atoms with Gasteiger partial charge in [-0.05, 0) is 61.9 Å². The number of halogens is 3. The minimum atomic E-state index is -4.38. The van der Waals surface area contributed by atoms with Crippen molar-refractivity contribution in [2.24, 2.45) is 5.10 Å². The molecule has 2 aromatic carbocycles. The fourth-order valence-corrected chi connectivity index (χ4v) is 2.64. The van der Waals surface area contributed by atoms with Gasteiger partial charge in [-0.25, -0.2) is 0 Å². The van der Waals surface area contributed by atoms with Gasteiger partial charge in [0.2, 0.25) is 0 Å². The van der Waals surface area contributed by atoms with Crippen molar-refractivity contribution in [3.05, 3.63) is 54.1 Å². The van der Waals surface area contributed by atoms with Gasteiger partial charge in [-0.15, -0.1) is 0 Å². The van der Waals surface area contributed by atoms with Crippen molar-refractivity contribution in [2.75, 3.05) is 14.1 Å². The molecule has 0 bridgehead atoms. The highest BCUT2D eigenvalue weighted by molar-refractivity contribution is 5.89. The Bertz CT molecular complexity index is 819.